The van der Waals surface area contributed by atoms with Crippen LogP contribution in [0.4, 0.5) is 4.79 Å². The molecule has 6 heteroatoms. The van der Waals surface area contributed by atoms with E-state index in [1.54, 1.807) is 11.1 Å². The maximum atomic E-state index is 12.4. The SMILES string of the molecule is O=C1C2CCCN2C(=O)N1Cc1ccnn1CCc1ccccc1. The normalized spacial score (nSPS) is 20.1. The van der Waals surface area contributed by atoms with E-state index in [4.69, 9.17) is 0 Å². The van der Waals surface area contributed by atoms with Gasteiger partial charge in [0, 0.05) is 19.3 Å². The summed E-state index contributed by atoms with van der Waals surface area (Å²) in [6, 6.07) is 11.7. The Morgan fingerprint density at radius 2 is 1.96 bits per heavy atom. The molecule has 2 aromatic rings. The predicted molar refractivity (Wildman–Crippen MR) is 88.0 cm³/mol. The standard InChI is InChI=1S/C18H20N4O2/c23-17-16-7-4-11-20(16)18(24)21(17)13-15-8-10-19-22(15)12-9-14-5-2-1-3-6-14/h1-3,5-6,8,10,16H,4,7,9,11-13H2. The molecule has 0 N–H and O–H groups in total. The van der Waals surface area contributed by atoms with Gasteiger partial charge < -0.3 is 4.90 Å². The van der Waals surface area contributed by atoms with Crippen LogP contribution in [0.5, 0.6) is 0 Å². The summed E-state index contributed by atoms with van der Waals surface area (Å²) in [5.74, 6) is -0.0618. The zero-order valence-corrected chi connectivity index (χ0v) is 13.5. The summed E-state index contributed by atoms with van der Waals surface area (Å²) >= 11 is 0. The molecule has 1 atom stereocenters. The number of carbonyl (C=O) groups excluding carboxylic acids is 2. The van der Waals surface area contributed by atoms with Crippen molar-refractivity contribution in [1.29, 1.82) is 0 Å². The van der Waals surface area contributed by atoms with E-state index in [9.17, 15) is 9.59 Å². The molecule has 3 heterocycles. The van der Waals surface area contributed by atoms with Crippen LogP contribution in [-0.4, -0.2) is 44.1 Å². The highest BCUT2D eigenvalue weighted by Gasteiger charge is 2.47. The van der Waals surface area contributed by atoms with Gasteiger partial charge in [-0.25, -0.2) is 4.79 Å². The fourth-order valence-electron chi connectivity index (χ4n) is 3.56. The number of aromatic nitrogens is 2. The van der Waals surface area contributed by atoms with Crippen LogP contribution in [-0.2, 0) is 24.3 Å². The van der Waals surface area contributed by atoms with E-state index in [0.29, 0.717) is 13.1 Å². The Morgan fingerprint density at radius 1 is 1.12 bits per heavy atom. The number of nitrogens with zero attached hydrogens (tertiary/aromatic N) is 4. The number of amides is 3. The van der Waals surface area contributed by atoms with E-state index >= 15 is 0 Å². The molecular formula is C18H20N4O2. The van der Waals surface area contributed by atoms with Crippen molar-refractivity contribution in [2.75, 3.05) is 6.54 Å². The van der Waals surface area contributed by atoms with E-state index in [0.717, 1.165) is 31.5 Å². The van der Waals surface area contributed by atoms with Gasteiger partial charge in [-0.2, -0.15) is 5.10 Å². The fourth-order valence-corrected chi connectivity index (χ4v) is 3.56. The Kier molecular flexibility index (Phi) is 3.80. The van der Waals surface area contributed by atoms with Crippen molar-refractivity contribution in [3.63, 3.8) is 0 Å². The summed E-state index contributed by atoms with van der Waals surface area (Å²) in [6.45, 7) is 1.73. The lowest BCUT2D eigenvalue weighted by Gasteiger charge is -2.16. The molecule has 24 heavy (non-hydrogen) atoms. The van der Waals surface area contributed by atoms with E-state index in [2.05, 4.69) is 17.2 Å². The van der Waals surface area contributed by atoms with Gasteiger partial charge in [-0.1, -0.05) is 30.3 Å². The van der Waals surface area contributed by atoms with Crippen molar-refractivity contribution in [2.45, 2.75) is 38.4 Å². The molecule has 2 aliphatic heterocycles. The van der Waals surface area contributed by atoms with Gasteiger partial charge in [0.05, 0.1) is 12.2 Å². The second-order valence-electron chi connectivity index (χ2n) is 6.34. The molecule has 2 fully saturated rings. The van der Waals surface area contributed by atoms with Gasteiger partial charge in [0.15, 0.2) is 0 Å². The van der Waals surface area contributed by atoms with Crippen LogP contribution in [0.1, 0.15) is 24.1 Å². The predicted octanol–water partition coefficient (Wildman–Crippen LogP) is 2.05. The van der Waals surface area contributed by atoms with Crippen molar-refractivity contribution < 1.29 is 9.59 Å². The Labute approximate surface area is 140 Å². The van der Waals surface area contributed by atoms with Gasteiger partial charge in [-0.15, -0.1) is 0 Å². The average Bonchev–Trinajstić information content (AvgIpc) is 3.30. The van der Waals surface area contributed by atoms with Gasteiger partial charge in [0.1, 0.15) is 6.04 Å². The van der Waals surface area contributed by atoms with Gasteiger partial charge in [0.25, 0.3) is 5.91 Å². The third kappa shape index (κ3) is 2.58. The average molecular weight is 324 g/mol. The van der Waals surface area contributed by atoms with E-state index in [1.165, 1.54) is 10.5 Å². The lowest BCUT2D eigenvalue weighted by Crippen LogP contribution is -2.33. The first-order valence-corrected chi connectivity index (χ1v) is 8.40. The summed E-state index contributed by atoms with van der Waals surface area (Å²) in [5.41, 5.74) is 2.14. The summed E-state index contributed by atoms with van der Waals surface area (Å²) < 4.78 is 1.89. The third-order valence-corrected chi connectivity index (χ3v) is 4.86. The Bertz CT molecular complexity index is 733. The van der Waals surface area contributed by atoms with Crippen LogP contribution in [0.3, 0.4) is 0 Å². The van der Waals surface area contributed by atoms with Gasteiger partial charge in [0.2, 0.25) is 0 Å². The number of imide groups is 1. The smallest absolute Gasteiger partial charge is 0.312 e. The molecule has 1 unspecified atom stereocenters. The highest BCUT2D eigenvalue weighted by atomic mass is 16.2. The summed E-state index contributed by atoms with van der Waals surface area (Å²) in [4.78, 5) is 27.9. The summed E-state index contributed by atoms with van der Waals surface area (Å²) in [6.07, 6.45) is 4.30. The highest BCUT2D eigenvalue weighted by molar-refractivity contribution is 6.04. The number of fused-ring (bicyclic) bond motifs is 1. The molecule has 2 saturated heterocycles. The fraction of sp³-hybridized carbons (Fsp3) is 0.389. The second-order valence-corrected chi connectivity index (χ2v) is 6.34. The number of urea groups is 1. The highest BCUT2D eigenvalue weighted by Crippen LogP contribution is 2.28. The van der Waals surface area contributed by atoms with Gasteiger partial charge in [-0.3, -0.25) is 14.4 Å². The molecule has 0 radical (unpaired) electrons. The molecule has 6 nitrogen and oxygen atoms in total. The first-order valence-electron chi connectivity index (χ1n) is 8.40. The monoisotopic (exact) mass is 324 g/mol. The van der Waals surface area contributed by atoms with Crippen molar-refractivity contribution in [1.82, 2.24) is 19.6 Å². The molecule has 1 aromatic carbocycles. The topological polar surface area (TPSA) is 58.4 Å². The number of benzene rings is 1. The first kappa shape index (κ1) is 14.9. The van der Waals surface area contributed by atoms with Crippen molar-refractivity contribution in [2.24, 2.45) is 0 Å². The van der Waals surface area contributed by atoms with Crippen molar-refractivity contribution in [3.8, 4) is 0 Å². The van der Waals surface area contributed by atoms with Gasteiger partial charge in [-0.05, 0) is 30.9 Å². The molecule has 4 rings (SSSR count). The summed E-state index contributed by atoms with van der Waals surface area (Å²) in [5, 5.41) is 4.35. The van der Waals surface area contributed by atoms with Crippen molar-refractivity contribution >= 4 is 11.9 Å². The second kappa shape index (κ2) is 6.11. The molecule has 1 aromatic heterocycles. The molecule has 124 valence electrons. The lowest BCUT2D eigenvalue weighted by molar-refractivity contribution is -0.128. The number of carbonyl (C=O) groups is 2. The largest absolute Gasteiger partial charge is 0.327 e. The zero-order chi connectivity index (χ0) is 16.5. The molecule has 0 spiro atoms. The third-order valence-electron chi connectivity index (χ3n) is 4.86. The van der Waals surface area contributed by atoms with Crippen LogP contribution in [0.2, 0.25) is 0 Å². The Hall–Kier alpha value is -2.63. The van der Waals surface area contributed by atoms with E-state index in [1.807, 2.05) is 28.9 Å². The van der Waals surface area contributed by atoms with Crippen LogP contribution in [0.25, 0.3) is 0 Å². The molecule has 0 aliphatic carbocycles. The minimum atomic E-state index is -0.238. The van der Waals surface area contributed by atoms with Crippen LogP contribution < -0.4 is 0 Å². The lowest BCUT2D eigenvalue weighted by atomic mass is 10.1. The maximum Gasteiger partial charge on any atom is 0.327 e. The quantitative estimate of drug-likeness (QED) is 0.791. The molecule has 3 amide bonds. The van der Waals surface area contributed by atoms with E-state index < -0.39 is 0 Å². The minimum Gasteiger partial charge on any atom is -0.312 e. The molecule has 0 bridgehead atoms. The van der Waals surface area contributed by atoms with Crippen molar-refractivity contribution in [3.05, 3.63) is 53.9 Å². The number of hydrogen-bond donors (Lipinski definition) is 0. The maximum absolute atomic E-state index is 12.4. The van der Waals surface area contributed by atoms with Crippen LogP contribution in [0, 0.1) is 0 Å². The number of aryl methyl sites for hydroxylation is 2. The first-order chi connectivity index (χ1) is 11.7. The zero-order valence-electron chi connectivity index (χ0n) is 13.5. The number of hydrogen-bond acceptors (Lipinski definition) is 3. The Morgan fingerprint density at radius 3 is 2.75 bits per heavy atom. The van der Waals surface area contributed by atoms with Gasteiger partial charge >= 0.3 is 6.03 Å². The molecule has 0 saturated carbocycles. The minimum absolute atomic E-state index is 0.0618. The Balaban J connectivity index is 1.45. The summed E-state index contributed by atoms with van der Waals surface area (Å²) in [7, 11) is 0. The number of rotatable bonds is 5. The van der Waals surface area contributed by atoms with E-state index in [-0.39, 0.29) is 18.0 Å². The molecule has 2 aliphatic rings. The van der Waals surface area contributed by atoms with Crippen LogP contribution >= 0.6 is 0 Å². The molecular weight excluding hydrogens is 304 g/mol. The van der Waals surface area contributed by atoms with Crippen LogP contribution in [0.15, 0.2) is 42.6 Å².